The molecule has 0 saturated heterocycles. The third-order valence-corrected chi connectivity index (χ3v) is 4.84. The first-order chi connectivity index (χ1) is 9.70. The average molecular weight is 339 g/mol. The number of nitrogens with one attached hydrogen (secondary N) is 1. The van der Waals surface area contributed by atoms with Crippen molar-refractivity contribution in [2.45, 2.75) is 37.8 Å². The number of urea groups is 1. The molecule has 0 aliphatic heterocycles. The lowest BCUT2D eigenvalue weighted by Crippen LogP contribution is -2.43. The maximum atomic E-state index is 12.4. The number of fused-ring (bicyclic) bond motifs is 1. The second-order valence-electron chi connectivity index (χ2n) is 5.50. The van der Waals surface area contributed by atoms with Gasteiger partial charge in [-0.05, 0) is 42.9 Å². The van der Waals surface area contributed by atoms with Gasteiger partial charge >= 0.3 is 6.03 Å². The van der Waals surface area contributed by atoms with Crippen molar-refractivity contribution in [3.8, 4) is 0 Å². The summed E-state index contributed by atoms with van der Waals surface area (Å²) in [5.41, 5.74) is 2.52. The smallest absolute Gasteiger partial charge is 0.318 e. The van der Waals surface area contributed by atoms with Crippen LogP contribution in [0.15, 0.2) is 22.7 Å². The standard InChI is InChI=1S/C15H19BrN2O2/c16-13-3-1-2-12-11(13)6-7-14(12)17-15(20)18(8-9-19)10-4-5-10/h1-3,10,14,19H,4-9H2,(H,17,20). The van der Waals surface area contributed by atoms with Crippen molar-refractivity contribution in [3.63, 3.8) is 0 Å². The summed E-state index contributed by atoms with van der Waals surface area (Å²) in [4.78, 5) is 14.1. The zero-order valence-corrected chi connectivity index (χ0v) is 12.9. The van der Waals surface area contributed by atoms with Crippen LogP contribution < -0.4 is 5.32 Å². The second-order valence-corrected chi connectivity index (χ2v) is 6.35. The van der Waals surface area contributed by atoms with Crippen LogP contribution >= 0.6 is 15.9 Å². The summed E-state index contributed by atoms with van der Waals surface area (Å²) in [5, 5.41) is 12.2. The van der Waals surface area contributed by atoms with Gasteiger partial charge in [-0.2, -0.15) is 0 Å². The Hall–Kier alpha value is -1.07. The predicted molar refractivity (Wildman–Crippen MR) is 80.5 cm³/mol. The molecule has 0 spiro atoms. The fourth-order valence-electron chi connectivity index (χ4n) is 2.94. The molecule has 1 unspecified atom stereocenters. The van der Waals surface area contributed by atoms with Crippen molar-refractivity contribution in [3.05, 3.63) is 33.8 Å². The molecule has 2 N–H and O–H groups in total. The lowest BCUT2D eigenvalue weighted by atomic mass is 10.1. The number of hydrogen-bond donors (Lipinski definition) is 2. The number of nitrogens with zero attached hydrogens (tertiary/aromatic N) is 1. The Kier molecular flexibility index (Phi) is 3.98. The van der Waals surface area contributed by atoms with E-state index in [1.54, 1.807) is 4.90 Å². The highest BCUT2D eigenvalue weighted by atomic mass is 79.9. The topological polar surface area (TPSA) is 52.6 Å². The Morgan fingerprint density at radius 2 is 2.20 bits per heavy atom. The van der Waals surface area contributed by atoms with Crippen molar-refractivity contribution in [1.82, 2.24) is 10.2 Å². The van der Waals surface area contributed by atoms with Gasteiger partial charge in [0.25, 0.3) is 0 Å². The molecular weight excluding hydrogens is 320 g/mol. The number of carbonyl (C=O) groups is 1. The van der Waals surface area contributed by atoms with Crippen LogP contribution in [-0.2, 0) is 6.42 Å². The van der Waals surface area contributed by atoms with E-state index in [-0.39, 0.29) is 18.7 Å². The van der Waals surface area contributed by atoms with E-state index in [1.165, 1.54) is 11.1 Å². The molecule has 20 heavy (non-hydrogen) atoms. The molecule has 0 heterocycles. The molecule has 1 saturated carbocycles. The number of amides is 2. The van der Waals surface area contributed by atoms with Crippen LogP contribution in [0.1, 0.15) is 36.4 Å². The Balaban J connectivity index is 1.70. The minimum absolute atomic E-state index is 0.0245. The van der Waals surface area contributed by atoms with E-state index in [9.17, 15) is 4.79 Å². The van der Waals surface area contributed by atoms with Crippen LogP contribution in [0.2, 0.25) is 0 Å². The van der Waals surface area contributed by atoms with Crippen molar-refractivity contribution in [1.29, 1.82) is 0 Å². The molecule has 5 heteroatoms. The van der Waals surface area contributed by atoms with Gasteiger partial charge < -0.3 is 15.3 Å². The summed E-state index contributed by atoms with van der Waals surface area (Å²) in [5.74, 6) is 0. The summed E-state index contributed by atoms with van der Waals surface area (Å²) in [6, 6.07) is 6.52. The van der Waals surface area contributed by atoms with Crippen LogP contribution in [-0.4, -0.2) is 35.2 Å². The molecule has 1 aromatic carbocycles. The first-order valence-corrected chi connectivity index (χ1v) is 7.95. The Labute approximate surface area is 127 Å². The monoisotopic (exact) mass is 338 g/mol. The lowest BCUT2D eigenvalue weighted by Gasteiger charge is -2.24. The molecule has 3 rings (SSSR count). The summed E-state index contributed by atoms with van der Waals surface area (Å²) >= 11 is 3.57. The maximum absolute atomic E-state index is 12.4. The third kappa shape index (κ3) is 2.69. The fraction of sp³-hybridized carbons (Fsp3) is 0.533. The molecule has 0 bridgehead atoms. The van der Waals surface area contributed by atoms with Gasteiger partial charge in [0.15, 0.2) is 0 Å². The minimum atomic E-state index is -0.0422. The molecule has 2 aliphatic carbocycles. The largest absolute Gasteiger partial charge is 0.395 e. The highest BCUT2D eigenvalue weighted by Gasteiger charge is 2.34. The molecule has 1 fully saturated rings. The molecule has 1 aromatic rings. The highest BCUT2D eigenvalue weighted by molar-refractivity contribution is 9.10. The van der Waals surface area contributed by atoms with Gasteiger partial charge in [-0.1, -0.05) is 28.1 Å². The van der Waals surface area contributed by atoms with Crippen LogP contribution in [0.3, 0.4) is 0 Å². The molecule has 0 radical (unpaired) electrons. The highest BCUT2D eigenvalue weighted by Crippen LogP contribution is 2.36. The van der Waals surface area contributed by atoms with Crippen molar-refractivity contribution < 1.29 is 9.90 Å². The molecule has 4 nitrogen and oxygen atoms in total. The summed E-state index contributed by atoms with van der Waals surface area (Å²) < 4.78 is 1.13. The fourth-order valence-corrected chi connectivity index (χ4v) is 3.52. The van der Waals surface area contributed by atoms with Crippen molar-refractivity contribution >= 4 is 22.0 Å². The zero-order valence-electron chi connectivity index (χ0n) is 11.3. The van der Waals surface area contributed by atoms with E-state index in [0.717, 1.165) is 30.2 Å². The lowest BCUT2D eigenvalue weighted by molar-refractivity contribution is 0.170. The molecule has 108 valence electrons. The van der Waals surface area contributed by atoms with Crippen LogP contribution in [0.5, 0.6) is 0 Å². The van der Waals surface area contributed by atoms with Crippen LogP contribution in [0.4, 0.5) is 4.79 Å². The van der Waals surface area contributed by atoms with Gasteiger partial charge in [0.2, 0.25) is 0 Å². The number of carbonyl (C=O) groups excluding carboxylic acids is 1. The normalized spacial score (nSPS) is 20.6. The first-order valence-electron chi connectivity index (χ1n) is 7.16. The van der Waals surface area contributed by atoms with Crippen LogP contribution in [0.25, 0.3) is 0 Å². The van der Waals surface area contributed by atoms with Gasteiger partial charge in [-0.25, -0.2) is 4.79 Å². The Morgan fingerprint density at radius 1 is 1.40 bits per heavy atom. The van der Waals surface area contributed by atoms with Gasteiger partial charge in [0.05, 0.1) is 12.6 Å². The molecule has 2 aliphatic rings. The maximum Gasteiger partial charge on any atom is 0.318 e. The van der Waals surface area contributed by atoms with Crippen molar-refractivity contribution in [2.24, 2.45) is 0 Å². The number of aliphatic hydroxyl groups is 1. The first kappa shape index (κ1) is 13.9. The average Bonchev–Trinajstić information content (AvgIpc) is 3.19. The van der Waals surface area contributed by atoms with E-state index in [4.69, 9.17) is 5.11 Å². The summed E-state index contributed by atoms with van der Waals surface area (Å²) in [7, 11) is 0. The van der Waals surface area contributed by atoms with Gasteiger partial charge in [-0.3, -0.25) is 0 Å². The number of rotatable bonds is 4. The summed E-state index contributed by atoms with van der Waals surface area (Å²) in [6.45, 7) is 0.450. The number of halogens is 1. The molecule has 0 aromatic heterocycles. The predicted octanol–water partition coefficient (Wildman–Crippen LogP) is 2.60. The van der Waals surface area contributed by atoms with Gasteiger partial charge in [0, 0.05) is 17.1 Å². The van der Waals surface area contributed by atoms with E-state index < -0.39 is 0 Å². The molecule has 1 atom stereocenters. The number of benzene rings is 1. The van der Waals surface area contributed by atoms with E-state index in [2.05, 4.69) is 27.3 Å². The quantitative estimate of drug-likeness (QED) is 0.886. The SMILES string of the molecule is O=C(NC1CCc2c(Br)cccc21)N(CCO)C1CC1. The minimum Gasteiger partial charge on any atom is -0.395 e. The third-order valence-electron chi connectivity index (χ3n) is 4.10. The van der Waals surface area contributed by atoms with Crippen molar-refractivity contribution in [2.75, 3.05) is 13.2 Å². The zero-order chi connectivity index (χ0) is 14.1. The second kappa shape index (κ2) is 5.74. The van der Waals surface area contributed by atoms with E-state index in [0.29, 0.717) is 12.6 Å². The molecule has 2 amide bonds. The van der Waals surface area contributed by atoms with E-state index >= 15 is 0 Å². The van der Waals surface area contributed by atoms with Gasteiger partial charge in [0.1, 0.15) is 0 Å². The van der Waals surface area contributed by atoms with Gasteiger partial charge in [-0.15, -0.1) is 0 Å². The number of hydrogen-bond acceptors (Lipinski definition) is 2. The Bertz CT molecular complexity index is 517. The van der Waals surface area contributed by atoms with E-state index in [1.807, 2.05) is 12.1 Å². The summed E-state index contributed by atoms with van der Waals surface area (Å²) in [6.07, 6.45) is 4.05. The van der Waals surface area contributed by atoms with Crippen LogP contribution in [0, 0.1) is 0 Å². The Morgan fingerprint density at radius 3 is 2.90 bits per heavy atom. The molecular formula is C15H19BrN2O2. The number of aliphatic hydroxyl groups excluding tert-OH is 1.